The number of Topliss-reactive ketones (excluding diaryl/α,β-unsaturated/α-hetero) is 2. The number of hydrogen-bond donors (Lipinski definition) is 12. The van der Waals surface area contributed by atoms with E-state index in [1.54, 1.807) is 12.1 Å². The average molecular weight is 927 g/mol. The summed E-state index contributed by atoms with van der Waals surface area (Å²) in [5, 5.41) is 126. The zero-order valence-electron chi connectivity index (χ0n) is 36.3. The normalized spacial score (nSPS) is 25.3. The van der Waals surface area contributed by atoms with Crippen molar-refractivity contribution in [2.75, 3.05) is 27.4 Å². The lowest BCUT2D eigenvalue weighted by Crippen LogP contribution is -2.60. The molecule has 12 N–H and O–H groups in total. The lowest BCUT2D eigenvalue weighted by atomic mass is 9.92. The van der Waals surface area contributed by atoms with Crippen LogP contribution in [0.3, 0.4) is 0 Å². The second-order valence-corrected chi connectivity index (χ2v) is 16.0. The second kappa shape index (κ2) is 20.8. The van der Waals surface area contributed by atoms with Gasteiger partial charge in [0.1, 0.15) is 71.8 Å². The van der Waals surface area contributed by atoms with Crippen molar-refractivity contribution in [3.8, 4) is 57.1 Å². The molecule has 358 valence electrons. The standard InChI is InChI=1S/C46H54O20/c1-19(49)35-23(27(51)9-11-29(35)63-45-43(59)41(57)39(55)33(17-47)65-45)7-5-21-13-25(37(53)31(15-21)61-3)26-14-22(16-32(62-4)38(26)54)6-8-24-28(52)10-12-30(36(24)20(2)50)64-46-44(60)42(58)40(56)34(18-48)66-46/h9-16,33-34,39-48,51-60H,5-8,17-18H2,1-4H3/t33-,34+,39-,40+,41+,42-,43-,44+,45-,46+. The first kappa shape index (κ1) is 49.6. The lowest BCUT2D eigenvalue weighted by molar-refractivity contribution is -0.277. The molecule has 2 saturated heterocycles. The molecule has 2 heterocycles. The van der Waals surface area contributed by atoms with Crippen molar-refractivity contribution in [3.05, 3.63) is 81.9 Å². The number of ketones is 2. The maximum atomic E-state index is 13.1. The molecule has 0 amide bonds. The van der Waals surface area contributed by atoms with E-state index in [0.717, 1.165) is 0 Å². The molecule has 4 aromatic carbocycles. The summed E-state index contributed by atoms with van der Waals surface area (Å²) in [6.45, 7) is 1.02. The molecule has 2 aliphatic rings. The minimum absolute atomic E-state index is 0.00535. The number of carbonyl (C=O) groups excluding carboxylic acids is 2. The highest BCUT2D eigenvalue weighted by atomic mass is 16.7. The van der Waals surface area contributed by atoms with Gasteiger partial charge in [-0.2, -0.15) is 0 Å². The van der Waals surface area contributed by atoms with Crippen LogP contribution in [0, 0.1) is 0 Å². The molecule has 0 aliphatic carbocycles. The molecule has 2 fully saturated rings. The van der Waals surface area contributed by atoms with Crippen LogP contribution in [0.2, 0.25) is 0 Å². The van der Waals surface area contributed by atoms with Crippen molar-refractivity contribution in [3.63, 3.8) is 0 Å². The quantitative estimate of drug-likeness (QED) is 0.0643. The number of phenolic OH excluding ortho intramolecular Hbond substituents is 4. The number of aliphatic hydroxyl groups is 8. The van der Waals surface area contributed by atoms with E-state index in [9.17, 15) is 70.9 Å². The number of aliphatic hydroxyl groups excluding tert-OH is 8. The van der Waals surface area contributed by atoms with Gasteiger partial charge < -0.3 is 89.7 Å². The molecular formula is C46H54O20. The molecule has 0 unspecified atom stereocenters. The molecule has 0 spiro atoms. The van der Waals surface area contributed by atoms with E-state index in [1.807, 2.05) is 0 Å². The van der Waals surface area contributed by atoms with Gasteiger partial charge in [-0.1, -0.05) is 0 Å². The molecule has 0 aromatic heterocycles. The Hall–Kier alpha value is -5.78. The van der Waals surface area contributed by atoms with E-state index >= 15 is 0 Å². The summed E-state index contributed by atoms with van der Waals surface area (Å²) in [5.41, 5.74) is 1.23. The fourth-order valence-corrected chi connectivity index (χ4v) is 8.16. The maximum Gasteiger partial charge on any atom is 0.229 e. The van der Waals surface area contributed by atoms with Crippen molar-refractivity contribution >= 4 is 11.6 Å². The minimum Gasteiger partial charge on any atom is -0.508 e. The van der Waals surface area contributed by atoms with Gasteiger partial charge >= 0.3 is 0 Å². The van der Waals surface area contributed by atoms with Crippen LogP contribution in [0.5, 0.6) is 46.0 Å². The zero-order valence-corrected chi connectivity index (χ0v) is 36.3. The SMILES string of the molecule is COc1cc(CCc2c(O)ccc(O[C@H]3O[C@@H](CO)[C@H](O)[C@@H](O)[C@@H]3O)c2C(C)=O)cc(-c2cc(CCc3c(O)ccc(O[C@@H]4O[C@H](CO)[C@@H](O)[C@H](O)[C@H]4O)c3C(C)=O)cc(OC)c2O)c1O. The Bertz CT molecular complexity index is 2230. The molecule has 6 rings (SSSR count). The third kappa shape index (κ3) is 9.98. The van der Waals surface area contributed by atoms with E-state index in [1.165, 1.54) is 64.5 Å². The number of carbonyl (C=O) groups is 2. The van der Waals surface area contributed by atoms with Gasteiger partial charge in [-0.3, -0.25) is 9.59 Å². The Balaban J connectivity index is 1.30. The third-order valence-electron chi connectivity index (χ3n) is 11.7. The third-order valence-corrected chi connectivity index (χ3v) is 11.7. The molecular weight excluding hydrogens is 872 g/mol. The molecule has 0 saturated carbocycles. The predicted molar refractivity (Wildman–Crippen MR) is 228 cm³/mol. The van der Waals surface area contributed by atoms with Crippen LogP contribution >= 0.6 is 0 Å². The van der Waals surface area contributed by atoms with Crippen LogP contribution in [0.1, 0.15) is 56.8 Å². The number of aryl methyl sites for hydroxylation is 2. The van der Waals surface area contributed by atoms with Crippen molar-refractivity contribution in [2.24, 2.45) is 0 Å². The van der Waals surface area contributed by atoms with Crippen LogP contribution in [-0.2, 0) is 35.2 Å². The molecule has 20 heteroatoms. The molecule has 0 radical (unpaired) electrons. The molecule has 4 aromatic rings. The van der Waals surface area contributed by atoms with Crippen molar-refractivity contribution in [1.82, 2.24) is 0 Å². The summed E-state index contributed by atoms with van der Waals surface area (Å²) in [5.74, 6) is -2.67. The van der Waals surface area contributed by atoms with Gasteiger partial charge in [0.15, 0.2) is 34.6 Å². The van der Waals surface area contributed by atoms with Crippen molar-refractivity contribution in [2.45, 2.75) is 101 Å². The van der Waals surface area contributed by atoms with Gasteiger partial charge in [0, 0.05) is 22.3 Å². The van der Waals surface area contributed by atoms with Crippen LogP contribution in [-0.4, -0.2) is 162 Å². The lowest BCUT2D eigenvalue weighted by Gasteiger charge is -2.39. The monoisotopic (exact) mass is 926 g/mol. The first-order valence-corrected chi connectivity index (χ1v) is 20.8. The van der Waals surface area contributed by atoms with E-state index in [0.29, 0.717) is 11.1 Å². The van der Waals surface area contributed by atoms with Gasteiger partial charge in [-0.05, 0) is 99.2 Å². The highest BCUT2D eigenvalue weighted by molar-refractivity contribution is 5.99. The molecule has 66 heavy (non-hydrogen) atoms. The predicted octanol–water partition coefficient (Wildman–Crippen LogP) is 0.526. The second-order valence-electron chi connectivity index (χ2n) is 16.0. The summed E-state index contributed by atoms with van der Waals surface area (Å²) >= 11 is 0. The highest BCUT2D eigenvalue weighted by Crippen LogP contribution is 2.46. The van der Waals surface area contributed by atoms with E-state index in [2.05, 4.69) is 0 Å². The Morgan fingerprint density at radius 1 is 0.515 bits per heavy atom. The maximum absolute atomic E-state index is 13.1. The first-order valence-electron chi connectivity index (χ1n) is 20.8. The number of ether oxygens (including phenoxy) is 6. The van der Waals surface area contributed by atoms with Crippen LogP contribution in [0.4, 0.5) is 0 Å². The Morgan fingerprint density at radius 3 is 1.20 bits per heavy atom. The number of methoxy groups -OCH3 is 2. The summed E-state index contributed by atoms with van der Waals surface area (Å²) in [6.07, 6.45) is -16.0. The number of benzene rings is 4. The first-order chi connectivity index (χ1) is 31.3. The summed E-state index contributed by atoms with van der Waals surface area (Å²) in [7, 11) is 2.63. The molecule has 0 bridgehead atoms. The van der Waals surface area contributed by atoms with E-state index in [-0.39, 0.29) is 105 Å². The molecule has 10 atom stereocenters. The Labute approximate surface area is 377 Å². The fraction of sp³-hybridized carbons (Fsp3) is 0.435. The van der Waals surface area contributed by atoms with Crippen LogP contribution in [0.25, 0.3) is 11.1 Å². The summed E-state index contributed by atoms with van der Waals surface area (Å²) in [6, 6.07) is 11.2. The average Bonchev–Trinajstić information content (AvgIpc) is 3.29. The van der Waals surface area contributed by atoms with Crippen molar-refractivity contribution < 1.29 is 99.3 Å². The van der Waals surface area contributed by atoms with E-state index < -0.39 is 86.2 Å². The number of hydrogen-bond acceptors (Lipinski definition) is 20. The fourth-order valence-electron chi connectivity index (χ4n) is 8.16. The van der Waals surface area contributed by atoms with Crippen molar-refractivity contribution in [1.29, 1.82) is 0 Å². The molecule has 2 aliphatic heterocycles. The topological polar surface area (TPSA) is 332 Å². The number of rotatable bonds is 17. The van der Waals surface area contributed by atoms with Crippen LogP contribution < -0.4 is 18.9 Å². The zero-order chi connectivity index (χ0) is 48.3. The van der Waals surface area contributed by atoms with Gasteiger partial charge in [0.05, 0.1) is 38.6 Å². The summed E-state index contributed by atoms with van der Waals surface area (Å²) < 4.78 is 33.5. The number of phenols is 4. The van der Waals surface area contributed by atoms with Gasteiger partial charge in [0.2, 0.25) is 12.6 Å². The highest BCUT2D eigenvalue weighted by Gasteiger charge is 2.46. The van der Waals surface area contributed by atoms with Gasteiger partial charge in [-0.25, -0.2) is 0 Å². The van der Waals surface area contributed by atoms with E-state index in [4.69, 9.17) is 28.4 Å². The van der Waals surface area contributed by atoms with Crippen LogP contribution in [0.15, 0.2) is 48.5 Å². The number of aromatic hydroxyl groups is 4. The molecule has 20 nitrogen and oxygen atoms in total. The van der Waals surface area contributed by atoms with Gasteiger partial charge in [-0.15, -0.1) is 0 Å². The Morgan fingerprint density at radius 2 is 0.879 bits per heavy atom. The van der Waals surface area contributed by atoms with Gasteiger partial charge in [0.25, 0.3) is 0 Å². The Kier molecular flexibility index (Phi) is 15.7. The largest absolute Gasteiger partial charge is 0.508 e. The minimum atomic E-state index is -1.78. The smallest absolute Gasteiger partial charge is 0.229 e. The summed E-state index contributed by atoms with van der Waals surface area (Å²) in [4.78, 5) is 26.2.